The third-order valence-corrected chi connectivity index (χ3v) is 3.29. The molecule has 0 fully saturated rings. The zero-order valence-electron chi connectivity index (χ0n) is 12.4. The second-order valence-electron chi connectivity index (χ2n) is 5.05. The fourth-order valence-corrected chi connectivity index (χ4v) is 2.19. The first-order chi connectivity index (χ1) is 10.8. The van der Waals surface area contributed by atoms with Crippen molar-refractivity contribution in [3.63, 3.8) is 0 Å². The lowest BCUT2D eigenvalue weighted by atomic mass is 9.96. The summed E-state index contributed by atoms with van der Waals surface area (Å²) in [5.41, 5.74) is 6.67. The van der Waals surface area contributed by atoms with E-state index in [4.69, 9.17) is 5.73 Å². The molecule has 0 aromatic heterocycles. The van der Waals surface area contributed by atoms with E-state index in [0.717, 1.165) is 23.8 Å². The summed E-state index contributed by atoms with van der Waals surface area (Å²) in [6.07, 6.45) is -5.73. The number of halogens is 4. The highest BCUT2D eigenvalue weighted by atomic mass is 35.5. The Bertz CT molecular complexity index is 653. The molecule has 0 saturated heterocycles. The van der Waals surface area contributed by atoms with Crippen molar-refractivity contribution >= 4 is 12.4 Å². The number of alkyl halides is 3. The average molecular weight is 364 g/mol. The molecule has 24 heavy (non-hydrogen) atoms. The molecule has 132 valence electrons. The number of ether oxygens (including phenoxy) is 1. The van der Waals surface area contributed by atoms with Gasteiger partial charge in [0.05, 0.1) is 12.1 Å². The molecule has 0 unspecified atom stereocenters. The van der Waals surface area contributed by atoms with E-state index in [-0.39, 0.29) is 30.1 Å². The summed E-state index contributed by atoms with van der Waals surface area (Å²) in [5.74, 6) is -0.813. The highest BCUT2D eigenvalue weighted by Gasteiger charge is 2.32. The summed E-state index contributed by atoms with van der Waals surface area (Å²) in [6, 6.07) is 10.9. The highest BCUT2D eigenvalue weighted by Crippen LogP contribution is 2.32. The van der Waals surface area contributed by atoms with Crippen LogP contribution in [0.4, 0.5) is 13.2 Å². The molecule has 0 spiro atoms. The summed E-state index contributed by atoms with van der Waals surface area (Å²) >= 11 is 0. The minimum absolute atomic E-state index is 0. The fourth-order valence-electron chi connectivity index (χ4n) is 2.19. The molecule has 4 nitrogen and oxygen atoms in total. The first-order valence-electron chi connectivity index (χ1n) is 6.82. The minimum atomic E-state index is -4.85. The van der Waals surface area contributed by atoms with Crippen LogP contribution >= 0.6 is 12.4 Å². The number of phenolic OH excluding ortho intramolecular Hbond substituents is 1. The van der Waals surface area contributed by atoms with Crippen molar-refractivity contribution in [3.8, 4) is 11.5 Å². The second-order valence-corrected chi connectivity index (χ2v) is 5.05. The van der Waals surface area contributed by atoms with Gasteiger partial charge in [-0.25, -0.2) is 0 Å². The molecular weight excluding hydrogens is 347 g/mol. The van der Waals surface area contributed by atoms with Crippen molar-refractivity contribution in [3.05, 3.63) is 59.7 Å². The van der Waals surface area contributed by atoms with Gasteiger partial charge >= 0.3 is 6.36 Å². The van der Waals surface area contributed by atoms with Gasteiger partial charge in [0, 0.05) is 12.0 Å². The van der Waals surface area contributed by atoms with Crippen LogP contribution in [0.15, 0.2) is 48.5 Å². The third-order valence-electron chi connectivity index (χ3n) is 3.29. The minimum Gasteiger partial charge on any atom is -0.508 e. The van der Waals surface area contributed by atoms with Gasteiger partial charge < -0.3 is 20.7 Å². The van der Waals surface area contributed by atoms with Gasteiger partial charge in [0.15, 0.2) is 0 Å². The SMILES string of the molecule is Cl.N[C@H](c1cc(OC(F)(F)F)ccc1O)[C@@H](O)Cc1ccccc1. The predicted octanol–water partition coefficient (Wildman–Crippen LogP) is 3.32. The van der Waals surface area contributed by atoms with E-state index in [0.29, 0.717) is 0 Å². The molecule has 0 radical (unpaired) electrons. The number of aromatic hydroxyl groups is 1. The molecule has 2 aromatic rings. The molecule has 0 aliphatic carbocycles. The summed E-state index contributed by atoms with van der Waals surface area (Å²) in [6.45, 7) is 0. The molecular formula is C16H17ClF3NO3. The van der Waals surface area contributed by atoms with Gasteiger partial charge in [-0.15, -0.1) is 25.6 Å². The number of hydrogen-bond donors (Lipinski definition) is 3. The van der Waals surface area contributed by atoms with Gasteiger partial charge in [-0.2, -0.15) is 0 Å². The van der Waals surface area contributed by atoms with Crippen molar-refractivity contribution in [1.82, 2.24) is 0 Å². The smallest absolute Gasteiger partial charge is 0.508 e. The molecule has 0 aliphatic rings. The Labute approximate surface area is 143 Å². The van der Waals surface area contributed by atoms with Gasteiger partial charge in [-0.3, -0.25) is 0 Å². The van der Waals surface area contributed by atoms with Crippen LogP contribution in [-0.4, -0.2) is 22.7 Å². The molecule has 8 heteroatoms. The number of hydrogen-bond acceptors (Lipinski definition) is 4. The van der Waals surface area contributed by atoms with E-state index in [1.807, 2.05) is 6.07 Å². The van der Waals surface area contributed by atoms with Crippen LogP contribution in [-0.2, 0) is 6.42 Å². The van der Waals surface area contributed by atoms with Gasteiger partial charge in [-0.1, -0.05) is 30.3 Å². The van der Waals surface area contributed by atoms with E-state index in [9.17, 15) is 23.4 Å². The first kappa shape index (κ1) is 20.1. The maximum absolute atomic E-state index is 12.3. The van der Waals surface area contributed by atoms with Crippen molar-refractivity contribution in [2.75, 3.05) is 0 Å². The van der Waals surface area contributed by atoms with Crippen molar-refractivity contribution < 1.29 is 28.1 Å². The van der Waals surface area contributed by atoms with Gasteiger partial charge in [-0.05, 0) is 23.8 Å². The normalized spacial score (nSPS) is 13.7. The highest BCUT2D eigenvalue weighted by molar-refractivity contribution is 5.85. The molecule has 0 saturated carbocycles. The Balaban J connectivity index is 0.00000288. The number of rotatable bonds is 5. The molecule has 0 heterocycles. The van der Waals surface area contributed by atoms with Gasteiger partial charge in [0.25, 0.3) is 0 Å². The second kappa shape index (κ2) is 8.23. The fraction of sp³-hybridized carbons (Fsp3) is 0.250. The van der Waals surface area contributed by atoms with Crippen LogP contribution in [0.3, 0.4) is 0 Å². The Morgan fingerprint density at radius 3 is 2.29 bits per heavy atom. The predicted molar refractivity (Wildman–Crippen MR) is 85.1 cm³/mol. The van der Waals surface area contributed by atoms with E-state index < -0.39 is 24.3 Å². The van der Waals surface area contributed by atoms with Crippen molar-refractivity contribution in [2.45, 2.75) is 24.9 Å². The monoisotopic (exact) mass is 363 g/mol. The lowest BCUT2D eigenvalue weighted by molar-refractivity contribution is -0.274. The standard InChI is InChI=1S/C16H16F3NO3.ClH/c17-16(18,19)23-11-6-7-13(21)12(9-11)15(20)14(22)8-10-4-2-1-3-5-10;/h1-7,9,14-15,21-22H,8,20H2;1H/t14-,15+;/m0./s1. The Kier molecular flexibility index (Phi) is 6.89. The van der Waals surface area contributed by atoms with Crippen LogP contribution in [0.1, 0.15) is 17.2 Å². The lowest BCUT2D eigenvalue weighted by Crippen LogP contribution is -2.28. The summed E-state index contributed by atoms with van der Waals surface area (Å²) in [7, 11) is 0. The number of nitrogens with two attached hydrogens (primary N) is 1. The van der Waals surface area contributed by atoms with Crippen LogP contribution < -0.4 is 10.5 Å². The Morgan fingerprint density at radius 2 is 1.71 bits per heavy atom. The van der Waals surface area contributed by atoms with Crippen molar-refractivity contribution in [2.24, 2.45) is 5.73 Å². The van der Waals surface area contributed by atoms with E-state index >= 15 is 0 Å². The summed E-state index contributed by atoms with van der Waals surface area (Å²) in [5, 5.41) is 20.0. The van der Waals surface area contributed by atoms with Crippen LogP contribution in [0.5, 0.6) is 11.5 Å². The number of aliphatic hydroxyl groups excluding tert-OH is 1. The maximum Gasteiger partial charge on any atom is 0.573 e. The molecule has 2 aromatic carbocycles. The average Bonchev–Trinajstić information content (AvgIpc) is 2.48. The molecule has 2 atom stereocenters. The van der Waals surface area contributed by atoms with Crippen molar-refractivity contribution in [1.29, 1.82) is 0 Å². The number of aliphatic hydroxyl groups is 1. The first-order valence-corrected chi connectivity index (χ1v) is 6.82. The largest absolute Gasteiger partial charge is 0.573 e. The van der Waals surface area contributed by atoms with E-state index in [1.54, 1.807) is 24.3 Å². The van der Waals surface area contributed by atoms with Gasteiger partial charge in [0.1, 0.15) is 11.5 Å². The quantitative estimate of drug-likeness (QED) is 0.761. The van der Waals surface area contributed by atoms with Crippen LogP contribution in [0, 0.1) is 0 Å². The molecule has 0 aliphatic heterocycles. The molecule has 4 N–H and O–H groups in total. The molecule has 0 amide bonds. The molecule has 0 bridgehead atoms. The zero-order chi connectivity index (χ0) is 17.0. The number of benzene rings is 2. The zero-order valence-corrected chi connectivity index (χ0v) is 13.2. The topological polar surface area (TPSA) is 75.7 Å². The van der Waals surface area contributed by atoms with Gasteiger partial charge in [0.2, 0.25) is 0 Å². The molecule has 2 rings (SSSR count). The van der Waals surface area contributed by atoms with E-state index in [1.165, 1.54) is 0 Å². The lowest BCUT2D eigenvalue weighted by Gasteiger charge is -2.21. The third kappa shape index (κ3) is 5.59. The maximum atomic E-state index is 12.3. The van der Waals surface area contributed by atoms with E-state index in [2.05, 4.69) is 4.74 Å². The summed E-state index contributed by atoms with van der Waals surface area (Å²) in [4.78, 5) is 0. The Hall–Kier alpha value is -1.96. The van der Waals surface area contributed by atoms with Crippen LogP contribution in [0.2, 0.25) is 0 Å². The summed E-state index contributed by atoms with van der Waals surface area (Å²) < 4.78 is 40.6. The Morgan fingerprint density at radius 1 is 1.08 bits per heavy atom. The van der Waals surface area contributed by atoms with Crippen LogP contribution in [0.25, 0.3) is 0 Å². The number of phenols is 1.